The molecule has 25 heavy (non-hydrogen) atoms. The number of rotatable bonds is 7. The quantitative estimate of drug-likeness (QED) is 0.354. The molecule has 138 valence electrons. The van der Waals surface area contributed by atoms with Crippen LogP contribution < -0.4 is 4.74 Å². The lowest BCUT2D eigenvalue weighted by molar-refractivity contribution is -0.158. The van der Waals surface area contributed by atoms with Gasteiger partial charge in [0.25, 0.3) is 0 Å². The minimum atomic E-state index is -0.407. The van der Waals surface area contributed by atoms with Crippen molar-refractivity contribution in [2.45, 2.75) is 52.4 Å². The zero-order chi connectivity index (χ0) is 18.2. The number of carbonyl (C=O) groups excluding carboxylic acids is 2. The average Bonchev–Trinajstić information content (AvgIpc) is 2.60. The summed E-state index contributed by atoms with van der Waals surface area (Å²) in [5, 5.41) is 0. The molecular formula is C20H27BrO4. The molecule has 1 aromatic rings. The molecule has 1 fully saturated rings. The number of carbonyl (C=O) groups is 2. The molecule has 5 heteroatoms. The molecule has 2 atom stereocenters. The molecule has 1 aliphatic carbocycles. The molecular weight excluding hydrogens is 384 g/mol. The van der Waals surface area contributed by atoms with Crippen molar-refractivity contribution < 1.29 is 19.1 Å². The highest BCUT2D eigenvalue weighted by Gasteiger charge is 2.38. The highest BCUT2D eigenvalue weighted by atomic mass is 79.9. The van der Waals surface area contributed by atoms with Crippen molar-refractivity contribution in [2.24, 2.45) is 17.8 Å². The Morgan fingerprint density at radius 3 is 2.28 bits per heavy atom. The number of hydrogen-bond acceptors (Lipinski definition) is 4. The van der Waals surface area contributed by atoms with Crippen molar-refractivity contribution in [3.63, 3.8) is 0 Å². The monoisotopic (exact) mass is 410 g/mol. The van der Waals surface area contributed by atoms with E-state index in [0.717, 1.165) is 30.2 Å². The largest absolute Gasteiger partial charge is 0.465 e. The fraction of sp³-hybridized carbons (Fsp3) is 0.600. The van der Waals surface area contributed by atoms with Gasteiger partial charge in [-0.25, -0.2) is 0 Å². The van der Waals surface area contributed by atoms with Gasteiger partial charge >= 0.3 is 11.9 Å². The third-order valence-electron chi connectivity index (χ3n) is 4.57. The second-order valence-corrected chi connectivity index (χ2v) is 7.99. The summed E-state index contributed by atoms with van der Waals surface area (Å²) in [6, 6.07) is 7.13. The van der Waals surface area contributed by atoms with Gasteiger partial charge in [-0.05, 0) is 55.9 Å². The predicted molar refractivity (Wildman–Crippen MR) is 100 cm³/mol. The second-order valence-electron chi connectivity index (χ2n) is 7.08. The van der Waals surface area contributed by atoms with E-state index >= 15 is 0 Å². The molecule has 0 radical (unpaired) electrons. The van der Waals surface area contributed by atoms with Gasteiger partial charge in [0.05, 0.1) is 18.4 Å². The summed E-state index contributed by atoms with van der Waals surface area (Å²) in [5.41, 5.74) is 0. The lowest BCUT2D eigenvalue weighted by Gasteiger charge is -2.28. The fourth-order valence-electron chi connectivity index (χ4n) is 3.16. The Hall–Kier alpha value is -1.36. The van der Waals surface area contributed by atoms with Crippen LogP contribution in [0.5, 0.6) is 5.75 Å². The SMILES string of the molecule is CC(C)CCCOC(=O)C1CCCCC1C(=O)Oc1ccc(Br)cc1. The fourth-order valence-corrected chi connectivity index (χ4v) is 3.43. The van der Waals surface area contributed by atoms with E-state index in [9.17, 15) is 9.59 Å². The van der Waals surface area contributed by atoms with E-state index in [0.29, 0.717) is 31.1 Å². The van der Waals surface area contributed by atoms with Crippen LogP contribution in [-0.2, 0) is 14.3 Å². The van der Waals surface area contributed by atoms with Crippen LogP contribution in [0.2, 0.25) is 0 Å². The zero-order valence-corrected chi connectivity index (χ0v) is 16.6. The maximum atomic E-state index is 12.5. The first-order chi connectivity index (χ1) is 12.0. The Kier molecular flexibility index (Phi) is 7.94. The third-order valence-corrected chi connectivity index (χ3v) is 5.10. The van der Waals surface area contributed by atoms with Crippen LogP contribution in [0.4, 0.5) is 0 Å². The van der Waals surface area contributed by atoms with Gasteiger partial charge in [0.1, 0.15) is 5.75 Å². The van der Waals surface area contributed by atoms with Crippen molar-refractivity contribution in [3.8, 4) is 5.75 Å². The van der Waals surface area contributed by atoms with Crippen LogP contribution in [0.15, 0.2) is 28.7 Å². The summed E-state index contributed by atoms with van der Waals surface area (Å²) in [5.74, 6) is -0.261. The summed E-state index contributed by atoms with van der Waals surface area (Å²) >= 11 is 3.35. The normalized spacial score (nSPS) is 20.3. The number of ether oxygens (including phenoxy) is 2. The molecule has 2 rings (SSSR count). The van der Waals surface area contributed by atoms with Crippen LogP contribution in [0.25, 0.3) is 0 Å². The zero-order valence-electron chi connectivity index (χ0n) is 15.0. The van der Waals surface area contributed by atoms with Gasteiger partial charge in [-0.15, -0.1) is 0 Å². The minimum Gasteiger partial charge on any atom is -0.465 e. The summed E-state index contributed by atoms with van der Waals surface area (Å²) in [6.45, 7) is 4.73. The molecule has 2 unspecified atom stereocenters. The Bertz CT molecular complexity index is 568. The second kappa shape index (κ2) is 9.95. The molecule has 0 saturated heterocycles. The van der Waals surface area contributed by atoms with Crippen molar-refractivity contribution in [1.82, 2.24) is 0 Å². The standard InChI is InChI=1S/C20H27BrO4/c1-14(2)6-5-13-24-19(22)17-7-3-4-8-18(17)20(23)25-16-11-9-15(21)10-12-16/h9-12,14,17-18H,3-8,13H2,1-2H3. The maximum Gasteiger partial charge on any atom is 0.315 e. The van der Waals surface area contributed by atoms with Crippen molar-refractivity contribution >= 4 is 27.9 Å². The van der Waals surface area contributed by atoms with Gasteiger partial charge < -0.3 is 9.47 Å². The maximum absolute atomic E-state index is 12.5. The minimum absolute atomic E-state index is 0.249. The summed E-state index contributed by atoms with van der Waals surface area (Å²) in [4.78, 5) is 25.0. The lowest BCUT2D eigenvalue weighted by atomic mass is 9.79. The van der Waals surface area contributed by atoms with Gasteiger partial charge in [0, 0.05) is 4.47 Å². The Morgan fingerprint density at radius 1 is 1.08 bits per heavy atom. The molecule has 1 aliphatic rings. The van der Waals surface area contributed by atoms with Gasteiger partial charge in [-0.2, -0.15) is 0 Å². The van der Waals surface area contributed by atoms with Crippen LogP contribution in [0.1, 0.15) is 52.4 Å². The molecule has 0 aromatic heterocycles. The lowest BCUT2D eigenvalue weighted by Crippen LogP contribution is -2.36. The van der Waals surface area contributed by atoms with Crippen molar-refractivity contribution in [3.05, 3.63) is 28.7 Å². The third kappa shape index (κ3) is 6.46. The average molecular weight is 411 g/mol. The molecule has 1 aromatic carbocycles. The van der Waals surface area contributed by atoms with Crippen LogP contribution in [-0.4, -0.2) is 18.5 Å². The van der Waals surface area contributed by atoms with Crippen LogP contribution in [0.3, 0.4) is 0 Å². The molecule has 0 amide bonds. The van der Waals surface area contributed by atoms with Gasteiger partial charge in [0.15, 0.2) is 0 Å². The van der Waals surface area contributed by atoms with E-state index in [1.54, 1.807) is 12.1 Å². The van der Waals surface area contributed by atoms with Crippen LogP contribution >= 0.6 is 15.9 Å². The molecule has 0 N–H and O–H groups in total. The predicted octanol–water partition coefficient (Wildman–Crippen LogP) is 5.14. The Balaban J connectivity index is 1.91. The number of benzene rings is 1. The molecule has 0 bridgehead atoms. The highest BCUT2D eigenvalue weighted by Crippen LogP contribution is 2.32. The molecule has 0 heterocycles. The van der Waals surface area contributed by atoms with Crippen molar-refractivity contribution in [2.75, 3.05) is 6.61 Å². The Morgan fingerprint density at radius 2 is 1.68 bits per heavy atom. The number of esters is 2. The highest BCUT2D eigenvalue weighted by molar-refractivity contribution is 9.10. The first kappa shape index (κ1) is 20.0. The first-order valence-corrected chi connectivity index (χ1v) is 9.90. The van der Waals surface area contributed by atoms with E-state index in [1.165, 1.54) is 0 Å². The molecule has 0 spiro atoms. The van der Waals surface area contributed by atoms with Crippen molar-refractivity contribution in [1.29, 1.82) is 0 Å². The van der Waals surface area contributed by atoms with Crippen LogP contribution in [0, 0.1) is 17.8 Å². The number of halogens is 1. The summed E-state index contributed by atoms with van der Waals surface area (Å²) < 4.78 is 11.8. The smallest absolute Gasteiger partial charge is 0.315 e. The van der Waals surface area contributed by atoms with Gasteiger partial charge in [-0.1, -0.05) is 42.6 Å². The van der Waals surface area contributed by atoms with E-state index in [1.807, 2.05) is 12.1 Å². The van der Waals surface area contributed by atoms with E-state index < -0.39 is 5.92 Å². The van der Waals surface area contributed by atoms with Gasteiger partial charge in [-0.3, -0.25) is 9.59 Å². The van der Waals surface area contributed by atoms with E-state index in [4.69, 9.17) is 9.47 Å². The first-order valence-electron chi connectivity index (χ1n) is 9.11. The Labute approximate surface area is 158 Å². The summed E-state index contributed by atoms with van der Waals surface area (Å²) in [7, 11) is 0. The van der Waals surface area contributed by atoms with E-state index in [-0.39, 0.29) is 17.9 Å². The topological polar surface area (TPSA) is 52.6 Å². The molecule has 4 nitrogen and oxygen atoms in total. The van der Waals surface area contributed by atoms with E-state index in [2.05, 4.69) is 29.8 Å². The number of hydrogen-bond donors (Lipinski definition) is 0. The molecule has 0 aliphatic heterocycles. The summed E-state index contributed by atoms with van der Waals surface area (Å²) in [6.07, 6.45) is 5.17. The molecule has 1 saturated carbocycles. The van der Waals surface area contributed by atoms with Gasteiger partial charge in [0.2, 0.25) is 0 Å².